The molecule has 0 radical (unpaired) electrons. The van der Waals surface area contributed by atoms with Crippen LogP contribution in [0, 0.1) is 11.8 Å². The monoisotopic (exact) mass is 439 g/mol. The summed E-state index contributed by atoms with van der Waals surface area (Å²) in [5, 5.41) is 0.492. The number of hydrogen-bond donors (Lipinski definition) is 1. The minimum Gasteiger partial charge on any atom is -0.486 e. The predicted octanol–water partition coefficient (Wildman–Crippen LogP) is 4.12. The summed E-state index contributed by atoms with van der Waals surface area (Å²) >= 11 is 11.9. The van der Waals surface area contributed by atoms with Crippen LogP contribution in [0.3, 0.4) is 0 Å². The van der Waals surface area contributed by atoms with Crippen molar-refractivity contribution < 1.29 is 26.3 Å². The molecule has 27 heavy (non-hydrogen) atoms. The first-order valence-corrected chi connectivity index (χ1v) is 9.48. The van der Waals surface area contributed by atoms with Crippen LogP contribution >= 0.6 is 23.4 Å². The second-order valence-corrected chi connectivity index (χ2v) is 7.57. The topological polar surface area (TPSA) is 73.2 Å². The van der Waals surface area contributed by atoms with E-state index in [4.69, 9.17) is 23.4 Å². The number of fused-ring (bicyclic) bond motifs is 1. The summed E-state index contributed by atoms with van der Waals surface area (Å²) < 4.78 is 72.8. The highest BCUT2D eigenvalue weighted by molar-refractivity contribution is 7.93. The van der Waals surface area contributed by atoms with Crippen molar-refractivity contribution in [2.45, 2.75) is 4.90 Å². The summed E-state index contributed by atoms with van der Waals surface area (Å²) in [6, 6.07) is 6.24. The molecule has 0 fully saturated rings. The summed E-state index contributed by atoms with van der Waals surface area (Å²) in [5.41, 5.74) is 0.0560. The van der Waals surface area contributed by atoms with E-state index >= 15 is 0 Å². The number of rotatable bonds is 6. The first-order chi connectivity index (χ1) is 12.7. The van der Waals surface area contributed by atoms with E-state index in [1.807, 2.05) is 4.72 Å². The Morgan fingerprint density at radius 1 is 1.26 bits per heavy atom. The number of hydrogen-bond acceptors (Lipinski definition) is 4. The van der Waals surface area contributed by atoms with Gasteiger partial charge >= 0.3 is 0 Å². The molecule has 0 bridgehead atoms. The SMILES string of the molecule is O=S(=O)(Nc1nc(F)c(OCCF)cc1F)c1cccc2cc(Cl)n(Cl)c12. The molecule has 0 spiro atoms. The van der Waals surface area contributed by atoms with Crippen LogP contribution in [-0.2, 0) is 10.0 Å². The number of benzene rings is 1. The van der Waals surface area contributed by atoms with Crippen LogP contribution in [0.25, 0.3) is 10.9 Å². The summed E-state index contributed by atoms with van der Waals surface area (Å²) in [6.45, 7) is -1.42. The number of anilines is 1. The zero-order valence-corrected chi connectivity index (χ0v) is 15.5. The number of ether oxygens (including phenoxy) is 1. The molecule has 0 amide bonds. The summed E-state index contributed by atoms with van der Waals surface area (Å²) in [7, 11) is -4.40. The second-order valence-electron chi connectivity index (χ2n) is 5.19. The number of halogens is 5. The Morgan fingerprint density at radius 3 is 2.70 bits per heavy atom. The lowest BCUT2D eigenvalue weighted by atomic mass is 10.2. The smallest absolute Gasteiger partial charge is 0.265 e. The average Bonchev–Trinajstić information content (AvgIpc) is 2.90. The van der Waals surface area contributed by atoms with Crippen LogP contribution in [0.1, 0.15) is 0 Å². The fourth-order valence-electron chi connectivity index (χ4n) is 2.33. The molecule has 0 aliphatic heterocycles. The number of nitrogens with zero attached hydrogens (tertiary/aromatic N) is 2. The van der Waals surface area contributed by atoms with E-state index in [1.165, 1.54) is 18.2 Å². The third-order valence-corrected chi connectivity index (χ3v) is 5.53. The van der Waals surface area contributed by atoms with Crippen LogP contribution in [0.2, 0.25) is 5.15 Å². The van der Waals surface area contributed by atoms with Gasteiger partial charge in [0.25, 0.3) is 16.0 Å². The van der Waals surface area contributed by atoms with Crippen molar-refractivity contribution in [3.05, 3.63) is 47.2 Å². The standard InChI is InChI=1S/C15H10Cl2F3N3O3S/c16-12-6-8-2-1-3-11(13(8)23(12)17)27(24,25)22-15-9(19)7-10(14(20)21-15)26-5-4-18/h1-3,6-7H,4-5H2,(H,21,22). The zero-order valence-electron chi connectivity index (χ0n) is 13.2. The first kappa shape index (κ1) is 19.6. The van der Waals surface area contributed by atoms with Gasteiger partial charge in [0.1, 0.15) is 23.3 Å². The lowest BCUT2D eigenvalue weighted by molar-refractivity contribution is 0.258. The van der Waals surface area contributed by atoms with Crippen molar-refractivity contribution in [2.75, 3.05) is 18.0 Å². The number of pyridine rings is 1. The molecule has 6 nitrogen and oxygen atoms in total. The van der Waals surface area contributed by atoms with Crippen molar-refractivity contribution in [3.63, 3.8) is 0 Å². The molecule has 0 aliphatic rings. The maximum atomic E-state index is 14.1. The third-order valence-electron chi connectivity index (χ3n) is 3.44. The molecular weight excluding hydrogens is 430 g/mol. The lowest BCUT2D eigenvalue weighted by Crippen LogP contribution is -2.17. The normalized spacial score (nSPS) is 11.7. The maximum Gasteiger partial charge on any atom is 0.265 e. The number of sulfonamides is 1. The van der Waals surface area contributed by atoms with E-state index in [2.05, 4.69) is 9.72 Å². The van der Waals surface area contributed by atoms with Crippen LogP contribution in [0.5, 0.6) is 5.75 Å². The molecule has 0 unspecified atom stereocenters. The first-order valence-electron chi connectivity index (χ1n) is 7.28. The molecule has 0 atom stereocenters. The molecule has 0 aliphatic carbocycles. The molecule has 2 aromatic heterocycles. The fourth-order valence-corrected chi connectivity index (χ4v) is 4.05. The van der Waals surface area contributed by atoms with Gasteiger partial charge in [-0.05, 0) is 12.1 Å². The van der Waals surface area contributed by atoms with Gasteiger partial charge in [-0.2, -0.15) is 9.37 Å². The van der Waals surface area contributed by atoms with Crippen LogP contribution < -0.4 is 9.46 Å². The Balaban J connectivity index is 2.02. The van der Waals surface area contributed by atoms with Gasteiger partial charge in [-0.3, -0.25) is 4.72 Å². The summed E-state index contributed by atoms with van der Waals surface area (Å²) in [6.07, 6.45) is 0. The van der Waals surface area contributed by atoms with Crippen molar-refractivity contribution in [2.24, 2.45) is 0 Å². The molecular formula is C15H10Cl2F3N3O3S. The van der Waals surface area contributed by atoms with Gasteiger partial charge in [-0.15, -0.1) is 0 Å². The zero-order chi connectivity index (χ0) is 19.8. The van der Waals surface area contributed by atoms with E-state index in [0.717, 1.165) is 4.09 Å². The second kappa shape index (κ2) is 7.45. The summed E-state index contributed by atoms with van der Waals surface area (Å²) in [4.78, 5) is 2.88. The quantitative estimate of drug-likeness (QED) is 0.586. The van der Waals surface area contributed by atoms with Crippen molar-refractivity contribution in [3.8, 4) is 5.75 Å². The fraction of sp³-hybridized carbons (Fsp3) is 0.133. The highest BCUT2D eigenvalue weighted by Gasteiger charge is 2.24. The third kappa shape index (κ3) is 3.78. The minimum atomic E-state index is -4.40. The van der Waals surface area contributed by atoms with E-state index < -0.39 is 46.6 Å². The van der Waals surface area contributed by atoms with Crippen LogP contribution in [-0.4, -0.2) is 30.8 Å². The van der Waals surface area contributed by atoms with E-state index in [1.54, 1.807) is 6.07 Å². The average molecular weight is 440 g/mol. The molecule has 1 N–H and O–H groups in total. The molecule has 0 saturated carbocycles. The Morgan fingerprint density at radius 2 is 2.00 bits per heavy atom. The van der Waals surface area contributed by atoms with Gasteiger partial charge in [0.05, 0.1) is 5.52 Å². The Bertz CT molecular complexity index is 1120. The highest BCUT2D eigenvalue weighted by Crippen LogP contribution is 2.31. The molecule has 144 valence electrons. The van der Waals surface area contributed by atoms with Crippen LogP contribution in [0.4, 0.5) is 19.0 Å². The van der Waals surface area contributed by atoms with Gasteiger partial charge in [-0.25, -0.2) is 21.3 Å². The van der Waals surface area contributed by atoms with Gasteiger partial charge < -0.3 is 4.74 Å². The van der Waals surface area contributed by atoms with Crippen molar-refractivity contribution in [1.29, 1.82) is 0 Å². The summed E-state index contributed by atoms with van der Waals surface area (Å²) in [5.74, 6) is -4.04. The van der Waals surface area contributed by atoms with Crippen molar-refractivity contribution >= 4 is 50.1 Å². The Kier molecular flexibility index (Phi) is 5.41. The van der Waals surface area contributed by atoms with Crippen LogP contribution in [0.15, 0.2) is 35.2 Å². The lowest BCUT2D eigenvalue weighted by Gasteiger charge is -2.11. The number of alkyl halides is 1. The number of para-hydroxylation sites is 1. The largest absolute Gasteiger partial charge is 0.486 e. The van der Waals surface area contributed by atoms with Gasteiger partial charge in [-0.1, -0.05) is 23.7 Å². The van der Waals surface area contributed by atoms with Gasteiger partial charge in [0.2, 0.25) is 0 Å². The number of nitrogens with one attached hydrogen (secondary N) is 1. The molecule has 0 saturated heterocycles. The molecule has 3 rings (SSSR count). The predicted molar refractivity (Wildman–Crippen MR) is 94.6 cm³/mol. The van der Waals surface area contributed by atoms with E-state index in [9.17, 15) is 21.6 Å². The minimum absolute atomic E-state index is 0.0560. The van der Waals surface area contributed by atoms with E-state index in [-0.39, 0.29) is 15.6 Å². The molecule has 3 aromatic rings. The van der Waals surface area contributed by atoms with Crippen molar-refractivity contribution in [1.82, 2.24) is 9.07 Å². The van der Waals surface area contributed by atoms with Gasteiger partial charge in [0, 0.05) is 23.2 Å². The molecule has 2 heterocycles. The van der Waals surface area contributed by atoms with E-state index in [0.29, 0.717) is 11.5 Å². The Hall–Kier alpha value is -2.17. The number of aromatic nitrogens is 2. The highest BCUT2D eigenvalue weighted by atomic mass is 35.5. The molecule has 12 heteroatoms. The maximum absolute atomic E-state index is 14.1. The van der Waals surface area contributed by atoms with Gasteiger partial charge in [0.15, 0.2) is 17.4 Å². The molecule has 1 aromatic carbocycles. The Labute approximate surface area is 161 Å².